The number of nitrogens with two attached hydrogens (primary N) is 1. The van der Waals surface area contributed by atoms with Crippen molar-refractivity contribution in [3.63, 3.8) is 0 Å². The largest absolute Gasteiger partial charge is 0.494 e. The molecule has 0 saturated carbocycles. The Morgan fingerprint density at radius 2 is 2.00 bits per heavy atom. The topological polar surface area (TPSA) is 64.3 Å². The van der Waals surface area contributed by atoms with Crippen molar-refractivity contribution in [2.75, 3.05) is 18.2 Å². The van der Waals surface area contributed by atoms with Gasteiger partial charge in [-0.2, -0.15) is 0 Å². The first-order valence-corrected chi connectivity index (χ1v) is 7.24. The summed E-state index contributed by atoms with van der Waals surface area (Å²) in [4.78, 5) is 12.5. The van der Waals surface area contributed by atoms with E-state index in [1.165, 1.54) is 7.11 Å². The number of amides is 1. The molecule has 0 heterocycles. The molecule has 110 valence electrons. The number of carbonyl (C=O) groups excluding carboxylic acids is 1. The van der Waals surface area contributed by atoms with Crippen molar-refractivity contribution in [1.82, 2.24) is 0 Å². The SMILES string of the molecule is COc1c(N)cccc1C(=O)Nc1c(C)cc(C)cc1Br. The summed E-state index contributed by atoms with van der Waals surface area (Å²) in [6, 6.07) is 9.07. The van der Waals surface area contributed by atoms with E-state index in [1.54, 1.807) is 18.2 Å². The van der Waals surface area contributed by atoms with Gasteiger partial charge in [-0.1, -0.05) is 12.1 Å². The van der Waals surface area contributed by atoms with Crippen LogP contribution in [0.4, 0.5) is 11.4 Å². The number of anilines is 2. The van der Waals surface area contributed by atoms with Gasteiger partial charge in [-0.3, -0.25) is 4.79 Å². The first kappa shape index (κ1) is 15.4. The molecule has 0 aromatic heterocycles. The molecule has 3 N–H and O–H groups in total. The minimum Gasteiger partial charge on any atom is -0.494 e. The molecular weight excluding hydrogens is 332 g/mol. The van der Waals surface area contributed by atoms with E-state index in [9.17, 15) is 4.79 Å². The first-order valence-electron chi connectivity index (χ1n) is 6.44. The van der Waals surface area contributed by atoms with Crippen molar-refractivity contribution in [1.29, 1.82) is 0 Å². The average molecular weight is 349 g/mol. The van der Waals surface area contributed by atoms with Gasteiger partial charge in [-0.05, 0) is 59.1 Å². The summed E-state index contributed by atoms with van der Waals surface area (Å²) in [6.07, 6.45) is 0. The van der Waals surface area contributed by atoms with Crippen LogP contribution in [0.1, 0.15) is 21.5 Å². The average Bonchev–Trinajstić information content (AvgIpc) is 2.42. The molecule has 4 nitrogen and oxygen atoms in total. The fourth-order valence-corrected chi connectivity index (χ4v) is 2.99. The van der Waals surface area contributed by atoms with Gasteiger partial charge in [-0.25, -0.2) is 0 Å². The lowest BCUT2D eigenvalue weighted by Gasteiger charge is -2.14. The van der Waals surface area contributed by atoms with E-state index in [0.29, 0.717) is 17.0 Å². The van der Waals surface area contributed by atoms with Gasteiger partial charge < -0.3 is 15.8 Å². The van der Waals surface area contributed by atoms with Crippen LogP contribution in [0.2, 0.25) is 0 Å². The van der Waals surface area contributed by atoms with E-state index in [1.807, 2.05) is 26.0 Å². The maximum atomic E-state index is 12.5. The van der Waals surface area contributed by atoms with Crippen molar-refractivity contribution in [3.05, 3.63) is 51.5 Å². The second-order valence-corrected chi connectivity index (χ2v) is 5.68. The van der Waals surface area contributed by atoms with Gasteiger partial charge in [0.2, 0.25) is 0 Å². The predicted octanol–water partition coefficient (Wildman–Crippen LogP) is 3.91. The Bertz CT molecular complexity index is 676. The van der Waals surface area contributed by atoms with Crippen molar-refractivity contribution in [3.8, 4) is 5.75 Å². The third kappa shape index (κ3) is 3.19. The summed E-state index contributed by atoms with van der Waals surface area (Å²) in [5, 5.41) is 2.90. The summed E-state index contributed by atoms with van der Waals surface area (Å²) in [7, 11) is 1.50. The van der Waals surface area contributed by atoms with Gasteiger partial charge in [0.25, 0.3) is 5.91 Å². The molecule has 0 radical (unpaired) electrons. The van der Waals surface area contributed by atoms with Crippen LogP contribution in [0.25, 0.3) is 0 Å². The highest BCUT2D eigenvalue weighted by Gasteiger charge is 2.16. The molecule has 0 bridgehead atoms. The number of nitrogen functional groups attached to an aromatic ring is 1. The molecule has 0 fully saturated rings. The van der Waals surface area contributed by atoms with Gasteiger partial charge in [0.15, 0.2) is 5.75 Å². The Hall–Kier alpha value is -2.01. The Morgan fingerprint density at radius 3 is 2.62 bits per heavy atom. The minimum absolute atomic E-state index is 0.258. The molecule has 0 unspecified atom stereocenters. The number of nitrogens with one attached hydrogen (secondary N) is 1. The molecule has 0 aliphatic rings. The highest BCUT2D eigenvalue weighted by Crippen LogP contribution is 2.30. The second kappa shape index (κ2) is 6.18. The maximum absolute atomic E-state index is 12.5. The Kier molecular flexibility index (Phi) is 4.53. The van der Waals surface area contributed by atoms with E-state index < -0.39 is 0 Å². The molecule has 21 heavy (non-hydrogen) atoms. The lowest BCUT2D eigenvalue weighted by atomic mass is 10.1. The summed E-state index contributed by atoms with van der Waals surface area (Å²) in [6.45, 7) is 3.95. The number of benzene rings is 2. The van der Waals surface area contributed by atoms with Crippen LogP contribution in [0, 0.1) is 13.8 Å². The van der Waals surface area contributed by atoms with Gasteiger partial charge in [0.1, 0.15) is 0 Å². The normalized spacial score (nSPS) is 10.3. The number of rotatable bonds is 3. The lowest BCUT2D eigenvalue weighted by Crippen LogP contribution is -2.15. The van der Waals surface area contributed by atoms with Gasteiger partial charge in [0.05, 0.1) is 24.0 Å². The summed E-state index contributed by atoms with van der Waals surface area (Å²) >= 11 is 3.48. The number of ether oxygens (including phenoxy) is 1. The summed E-state index contributed by atoms with van der Waals surface area (Å²) < 4.78 is 6.06. The standard InChI is InChI=1S/C16H17BrN2O2/c1-9-7-10(2)14(12(17)8-9)19-16(20)11-5-4-6-13(18)15(11)21-3/h4-8H,18H2,1-3H3,(H,19,20). The van der Waals surface area contributed by atoms with Gasteiger partial charge in [-0.15, -0.1) is 0 Å². The molecule has 0 saturated heterocycles. The van der Waals surface area contributed by atoms with E-state index >= 15 is 0 Å². The number of aryl methyl sites for hydroxylation is 2. The van der Waals surface area contributed by atoms with Crippen LogP contribution in [0.15, 0.2) is 34.8 Å². The van der Waals surface area contributed by atoms with Crippen LogP contribution in [-0.4, -0.2) is 13.0 Å². The number of para-hydroxylation sites is 1. The fraction of sp³-hybridized carbons (Fsp3) is 0.188. The monoisotopic (exact) mass is 348 g/mol. The zero-order valence-corrected chi connectivity index (χ0v) is 13.7. The van der Waals surface area contributed by atoms with Crippen molar-refractivity contribution in [2.24, 2.45) is 0 Å². The summed E-state index contributed by atoms with van der Waals surface area (Å²) in [5.74, 6) is 0.127. The maximum Gasteiger partial charge on any atom is 0.259 e. The van der Waals surface area contributed by atoms with Crippen LogP contribution in [0.5, 0.6) is 5.75 Å². The third-order valence-corrected chi connectivity index (χ3v) is 3.79. The molecule has 1 amide bonds. The Morgan fingerprint density at radius 1 is 1.29 bits per heavy atom. The number of carbonyl (C=O) groups is 1. The van der Waals surface area contributed by atoms with Crippen LogP contribution < -0.4 is 15.8 Å². The van der Waals surface area contributed by atoms with E-state index in [4.69, 9.17) is 10.5 Å². The van der Waals surface area contributed by atoms with Gasteiger partial charge in [0, 0.05) is 4.47 Å². The van der Waals surface area contributed by atoms with Crippen molar-refractivity contribution in [2.45, 2.75) is 13.8 Å². The van der Waals surface area contributed by atoms with Crippen LogP contribution >= 0.6 is 15.9 Å². The molecule has 2 rings (SSSR count). The first-order chi connectivity index (χ1) is 9.93. The molecule has 0 spiro atoms. The molecule has 2 aromatic rings. The number of methoxy groups -OCH3 is 1. The van der Waals surface area contributed by atoms with Gasteiger partial charge >= 0.3 is 0 Å². The number of hydrogen-bond acceptors (Lipinski definition) is 3. The molecular formula is C16H17BrN2O2. The molecule has 0 atom stereocenters. The smallest absolute Gasteiger partial charge is 0.259 e. The van der Waals surface area contributed by atoms with E-state index in [2.05, 4.69) is 21.2 Å². The molecule has 0 aliphatic carbocycles. The quantitative estimate of drug-likeness (QED) is 0.826. The summed E-state index contributed by atoms with van der Waals surface area (Å²) in [5.41, 5.74) is 9.52. The molecule has 5 heteroatoms. The van der Waals surface area contributed by atoms with Crippen molar-refractivity contribution >= 4 is 33.2 Å². The number of halogens is 1. The minimum atomic E-state index is -0.258. The fourth-order valence-electron chi connectivity index (χ4n) is 2.22. The highest BCUT2D eigenvalue weighted by atomic mass is 79.9. The van der Waals surface area contributed by atoms with E-state index in [0.717, 1.165) is 21.3 Å². The Labute approximate surface area is 132 Å². The third-order valence-electron chi connectivity index (χ3n) is 3.16. The zero-order valence-electron chi connectivity index (χ0n) is 12.2. The zero-order chi connectivity index (χ0) is 15.6. The lowest BCUT2D eigenvalue weighted by molar-refractivity contribution is 0.102. The van der Waals surface area contributed by atoms with Crippen LogP contribution in [-0.2, 0) is 0 Å². The molecule has 0 aliphatic heterocycles. The Balaban J connectivity index is 2.38. The number of hydrogen-bond donors (Lipinski definition) is 2. The predicted molar refractivity (Wildman–Crippen MR) is 89.0 cm³/mol. The van der Waals surface area contributed by atoms with Crippen LogP contribution in [0.3, 0.4) is 0 Å². The van der Waals surface area contributed by atoms with Crippen molar-refractivity contribution < 1.29 is 9.53 Å². The van der Waals surface area contributed by atoms with E-state index in [-0.39, 0.29) is 5.91 Å². The molecule has 2 aromatic carbocycles. The second-order valence-electron chi connectivity index (χ2n) is 4.82. The highest BCUT2D eigenvalue weighted by molar-refractivity contribution is 9.10.